The van der Waals surface area contributed by atoms with Crippen molar-refractivity contribution in [1.29, 1.82) is 0 Å². The minimum absolute atomic E-state index is 0.0928. The lowest BCUT2D eigenvalue weighted by atomic mass is 9.95. The molecule has 0 radical (unpaired) electrons. The van der Waals surface area contributed by atoms with E-state index in [4.69, 9.17) is 9.47 Å². The first-order valence-electron chi connectivity index (χ1n) is 11.0. The zero-order chi connectivity index (χ0) is 24.4. The molecule has 1 N–H and O–H groups in total. The van der Waals surface area contributed by atoms with Crippen molar-refractivity contribution in [2.45, 2.75) is 32.4 Å². The molecule has 1 aromatic heterocycles. The number of likely N-dealkylation sites (tertiary alicyclic amines) is 1. The summed E-state index contributed by atoms with van der Waals surface area (Å²) in [5.74, 6) is 0.00262. The van der Waals surface area contributed by atoms with Gasteiger partial charge in [-0.2, -0.15) is 0 Å². The second kappa shape index (κ2) is 9.73. The predicted octanol–water partition coefficient (Wildman–Crippen LogP) is 5.51. The Labute approximate surface area is 203 Å². The second-order valence-electron chi connectivity index (χ2n) is 8.41. The van der Waals surface area contributed by atoms with Crippen LogP contribution in [0, 0.1) is 0 Å². The van der Waals surface area contributed by atoms with Crippen molar-refractivity contribution in [3.05, 3.63) is 87.1 Å². The topological polar surface area (TPSA) is 76.1 Å². The summed E-state index contributed by atoms with van der Waals surface area (Å²) in [5, 5.41) is 13.2. The Bertz CT molecular complexity index is 1250. The third kappa shape index (κ3) is 4.31. The molecule has 1 aliphatic rings. The number of aliphatic hydroxyl groups excluding tert-OH is 1. The summed E-state index contributed by atoms with van der Waals surface area (Å²) in [5.41, 5.74) is 2.31. The number of ether oxygens (including phenoxy) is 2. The molecular formula is C27H27NO5S. The number of ketones is 1. The van der Waals surface area contributed by atoms with E-state index in [1.54, 1.807) is 26.4 Å². The Kier molecular flexibility index (Phi) is 6.75. The molecule has 3 aromatic rings. The van der Waals surface area contributed by atoms with Crippen molar-refractivity contribution in [3.8, 4) is 11.5 Å². The molecule has 0 spiro atoms. The molecule has 6 nitrogen and oxygen atoms in total. The van der Waals surface area contributed by atoms with Crippen LogP contribution in [0.4, 0.5) is 0 Å². The summed E-state index contributed by atoms with van der Waals surface area (Å²) in [4.78, 5) is 28.7. The van der Waals surface area contributed by atoms with Crippen molar-refractivity contribution < 1.29 is 24.2 Å². The van der Waals surface area contributed by atoms with Crippen LogP contribution < -0.4 is 9.47 Å². The van der Waals surface area contributed by atoms with Crippen molar-refractivity contribution in [2.75, 3.05) is 14.2 Å². The molecule has 0 aliphatic carbocycles. The largest absolute Gasteiger partial charge is 0.507 e. The van der Waals surface area contributed by atoms with Crippen LogP contribution in [-0.2, 0) is 16.1 Å². The van der Waals surface area contributed by atoms with Crippen molar-refractivity contribution in [2.24, 2.45) is 0 Å². The van der Waals surface area contributed by atoms with Crippen LogP contribution in [0.3, 0.4) is 0 Å². The molecule has 2 heterocycles. The molecular weight excluding hydrogens is 450 g/mol. The maximum Gasteiger partial charge on any atom is 0.295 e. The summed E-state index contributed by atoms with van der Waals surface area (Å²) in [6.45, 7) is 4.27. The van der Waals surface area contributed by atoms with Gasteiger partial charge in [0, 0.05) is 17.0 Å². The molecule has 1 aliphatic heterocycles. The fourth-order valence-corrected chi connectivity index (χ4v) is 5.09. The number of hydrogen-bond donors (Lipinski definition) is 1. The van der Waals surface area contributed by atoms with Crippen LogP contribution >= 0.6 is 11.3 Å². The van der Waals surface area contributed by atoms with Gasteiger partial charge in [-0.25, -0.2) is 0 Å². The van der Waals surface area contributed by atoms with Gasteiger partial charge in [-0.1, -0.05) is 32.0 Å². The fraction of sp³-hybridized carbons (Fsp3) is 0.259. The third-order valence-corrected chi connectivity index (χ3v) is 6.89. The van der Waals surface area contributed by atoms with E-state index in [-0.39, 0.29) is 23.8 Å². The second-order valence-corrected chi connectivity index (χ2v) is 9.38. The standard InChI is InChI=1S/C27H27NO5S/c1-16(2)20-14-18(10-11-21(20)33-4)25(29)23-24(22-9-6-12-34-22)28(27(31)26(23)30)15-17-7-5-8-19(13-17)32-3/h5-14,16,24,29H,15H2,1-4H3/b25-23-. The van der Waals surface area contributed by atoms with E-state index in [9.17, 15) is 14.7 Å². The summed E-state index contributed by atoms with van der Waals surface area (Å²) >= 11 is 1.44. The number of carbonyl (C=O) groups is 2. The van der Waals surface area contributed by atoms with E-state index in [0.717, 1.165) is 16.0 Å². The Morgan fingerprint density at radius 2 is 1.85 bits per heavy atom. The van der Waals surface area contributed by atoms with E-state index >= 15 is 0 Å². The monoisotopic (exact) mass is 477 g/mol. The van der Waals surface area contributed by atoms with Gasteiger partial charge in [0.1, 0.15) is 17.3 Å². The van der Waals surface area contributed by atoms with E-state index in [1.807, 2.05) is 61.7 Å². The number of carbonyl (C=O) groups excluding carboxylic acids is 2. The molecule has 0 saturated carbocycles. The number of Topliss-reactive ketones (excluding diaryl/α,β-unsaturated/α-hetero) is 1. The summed E-state index contributed by atoms with van der Waals surface area (Å²) in [6.07, 6.45) is 0. The highest BCUT2D eigenvalue weighted by atomic mass is 32.1. The Morgan fingerprint density at radius 1 is 1.06 bits per heavy atom. The molecule has 1 unspecified atom stereocenters. The first kappa shape index (κ1) is 23.6. The minimum Gasteiger partial charge on any atom is -0.507 e. The number of methoxy groups -OCH3 is 2. The number of rotatable bonds is 7. The molecule has 0 bridgehead atoms. The molecule has 7 heteroatoms. The minimum atomic E-state index is -0.694. The zero-order valence-corrected chi connectivity index (χ0v) is 20.4. The van der Waals surface area contributed by atoms with Gasteiger partial charge in [0.15, 0.2) is 0 Å². The molecule has 1 fully saturated rings. The van der Waals surface area contributed by atoms with Gasteiger partial charge in [-0.3, -0.25) is 9.59 Å². The fourth-order valence-electron chi connectivity index (χ4n) is 4.24. The van der Waals surface area contributed by atoms with E-state index in [0.29, 0.717) is 17.1 Å². The Hall–Kier alpha value is -3.58. The molecule has 1 amide bonds. The van der Waals surface area contributed by atoms with Gasteiger partial charge in [0.25, 0.3) is 11.7 Å². The van der Waals surface area contributed by atoms with Crippen LogP contribution in [0.15, 0.2) is 65.6 Å². The van der Waals surface area contributed by atoms with Gasteiger partial charge in [-0.15, -0.1) is 11.3 Å². The Morgan fingerprint density at radius 3 is 2.50 bits per heavy atom. The van der Waals surface area contributed by atoms with Gasteiger partial charge >= 0.3 is 0 Å². The average molecular weight is 478 g/mol. The SMILES string of the molecule is COc1cccc(CN2C(=O)C(=O)/C(=C(\O)c3ccc(OC)c(C(C)C)c3)C2c2cccs2)c1. The highest BCUT2D eigenvalue weighted by Gasteiger charge is 2.46. The molecule has 176 valence electrons. The highest BCUT2D eigenvalue weighted by Crippen LogP contribution is 2.42. The van der Waals surface area contributed by atoms with Crippen LogP contribution in [-0.4, -0.2) is 35.9 Å². The van der Waals surface area contributed by atoms with Crippen LogP contribution in [0.2, 0.25) is 0 Å². The lowest BCUT2D eigenvalue weighted by molar-refractivity contribution is -0.140. The summed E-state index contributed by atoms with van der Waals surface area (Å²) in [7, 11) is 3.18. The van der Waals surface area contributed by atoms with E-state index in [1.165, 1.54) is 16.2 Å². The number of nitrogens with zero attached hydrogens (tertiary/aromatic N) is 1. The Balaban J connectivity index is 1.83. The number of benzene rings is 2. The van der Waals surface area contributed by atoms with Gasteiger partial charge in [-0.05, 0) is 58.8 Å². The van der Waals surface area contributed by atoms with Crippen LogP contribution in [0.1, 0.15) is 47.4 Å². The molecule has 34 heavy (non-hydrogen) atoms. The van der Waals surface area contributed by atoms with Crippen molar-refractivity contribution in [1.82, 2.24) is 4.90 Å². The average Bonchev–Trinajstić information content (AvgIpc) is 3.46. The first-order valence-corrected chi connectivity index (χ1v) is 11.9. The predicted molar refractivity (Wildman–Crippen MR) is 132 cm³/mol. The number of amides is 1. The lowest BCUT2D eigenvalue weighted by Crippen LogP contribution is -2.28. The number of hydrogen-bond acceptors (Lipinski definition) is 6. The number of aliphatic hydroxyl groups is 1. The quantitative estimate of drug-likeness (QED) is 0.276. The van der Waals surface area contributed by atoms with Crippen molar-refractivity contribution >= 4 is 28.8 Å². The van der Waals surface area contributed by atoms with Gasteiger partial charge in [0.05, 0.1) is 25.8 Å². The maximum absolute atomic E-state index is 13.2. The van der Waals surface area contributed by atoms with Crippen molar-refractivity contribution in [3.63, 3.8) is 0 Å². The molecule has 4 rings (SSSR count). The smallest absolute Gasteiger partial charge is 0.295 e. The zero-order valence-electron chi connectivity index (χ0n) is 19.6. The molecule has 2 aromatic carbocycles. The maximum atomic E-state index is 13.2. The van der Waals surface area contributed by atoms with Crippen LogP contribution in [0.5, 0.6) is 11.5 Å². The summed E-state index contributed by atoms with van der Waals surface area (Å²) < 4.78 is 10.8. The normalized spacial score (nSPS) is 17.4. The van der Waals surface area contributed by atoms with Gasteiger partial charge in [0.2, 0.25) is 0 Å². The number of thiophene rings is 1. The third-order valence-electron chi connectivity index (χ3n) is 5.96. The lowest BCUT2D eigenvalue weighted by Gasteiger charge is -2.24. The highest BCUT2D eigenvalue weighted by molar-refractivity contribution is 7.10. The van der Waals surface area contributed by atoms with E-state index in [2.05, 4.69) is 0 Å². The molecule has 1 saturated heterocycles. The van der Waals surface area contributed by atoms with Gasteiger partial charge < -0.3 is 19.5 Å². The van der Waals surface area contributed by atoms with E-state index < -0.39 is 17.7 Å². The first-order chi connectivity index (χ1) is 16.3. The molecule has 1 atom stereocenters. The van der Waals surface area contributed by atoms with Crippen LogP contribution in [0.25, 0.3) is 5.76 Å². The summed E-state index contributed by atoms with van der Waals surface area (Å²) in [6, 6.07) is 15.7.